The van der Waals surface area contributed by atoms with Crippen LogP contribution in [-0.4, -0.2) is 27.0 Å². The Balaban J connectivity index is 1.78. The van der Waals surface area contributed by atoms with Gasteiger partial charge in [-0.2, -0.15) is 0 Å². The highest BCUT2D eigenvalue weighted by molar-refractivity contribution is 5.07. The number of pyridine rings is 2. The van der Waals surface area contributed by atoms with E-state index in [0.29, 0.717) is 6.04 Å². The van der Waals surface area contributed by atoms with Crippen molar-refractivity contribution in [1.82, 2.24) is 14.9 Å². The summed E-state index contributed by atoms with van der Waals surface area (Å²) < 4.78 is 0. The molecule has 0 bridgehead atoms. The van der Waals surface area contributed by atoms with Gasteiger partial charge in [0, 0.05) is 37.6 Å². The molecule has 0 unspecified atom stereocenters. The van der Waals surface area contributed by atoms with E-state index in [4.69, 9.17) is 5.73 Å². The van der Waals surface area contributed by atoms with Crippen molar-refractivity contribution in [2.75, 3.05) is 0 Å². The molecule has 4 nitrogen and oxygen atoms in total. The zero-order chi connectivity index (χ0) is 15.2. The monoisotopic (exact) mass is 296 g/mol. The molecule has 0 aliphatic heterocycles. The molecule has 1 aliphatic carbocycles. The lowest BCUT2D eigenvalue weighted by Gasteiger charge is -2.38. The lowest BCUT2D eigenvalue weighted by atomic mass is 9.89. The normalized spacial score (nSPS) is 21.9. The van der Waals surface area contributed by atoms with Crippen molar-refractivity contribution in [2.24, 2.45) is 5.73 Å². The van der Waals surface area contributed by atoms with Gasteiger partial charge in [0.25, 0.3) is 0 Å². The minimum atomic E-state index is 0.251. The lowest BCUT2D eigenvalue weighted by molar-refractivity contribution is 0.119. The first-order chi connectivity index (χ1) is 10.8. The Hall–Kier alpha value is -1.78. The van der Waals surface area contributed by atoms with E-state index < -0.39 is 0 Å². The topological polar surface area (TPSA) is 55.0 Å². The number of aromatic nitrogens is 2. The molecule has 0 aromatic carbocycles. The van der Waals surface area contributed by atoms with Crippen molar-refractivity contribution in [1.29, 1.82) is 0 Å². The maximum atomic E-state index is 6.40. The van der Waals surface area contributed by atoms with Crippen LogP contribution in [-0.2, 0) is 13.1 Å². The minimum Gasteiger partial charge on any atom is -0.326 e. The second-order valence-corrected chi connectivity index (χ2v) is 6.06. The molecule has 2 aromatic heterocycles. The van der Waals surface area contributed by atoms with Gasteiger partial charge in [0.1, 0.15) is 0 Å². The van der Waals surface area contributed by atoms with E-state index in [1.807, 2.05) is 36.7 Å². The van der Waals surface area contributed by atoms with E-state index in [9.17, 15) is 0 Å². The van der Waals surface area contributed by atoms with E-state index in [1.165, 1.54) is 19.3 Å². The average Bonchev–Trinajstić information content (AvgIpc) is 2.57. The number of nitrogens with two attached hydrogens (primary N) is 1. The summed E-state index contributed by atoms with van der Waals surface area (Å²) in [6.45, 7) is 1.66. The Morgan fingerprint density at radius 1 is 0.909 bits per heavy atom. The van der Waals surface area contributed by atoms with E-state index >= 15 is 0 Å². The summed E-state index contributed by atoms with van der Waals surface area (Å²) >= 11 is 0. The van der Waals surface area contributed by atoms with Crippen LogP contribution in [0, 0.1) is 0 Å². The average molecular weight is 296 g/mol. The maximum absolute atomic E-state index is 6.40. The van der Waals surface area contributed by atoms with Crippen LogP contribution in [0.2, 0.25) is 0 Å². The third-order valence-electron chi connectivity index (χ3n) is 4.43. The van der Waals surface area contributed by atoms with Gasteiger partial charge >= 0.3 is 0 Å². The van der Waals surface area contributed by atoms with Crippen LogP contribution in [0.3, 0.4) is 0 Å². The molecular weight excluding hydrogens is 272 g/mol. The Morgan fingerprint density at radius 2 is 1.50 bits per heavy atom. The molecular formula is C18H24N4. The lowest BCUT2D eigenvalue weighted by Crippen LogP contribution is -2.49. The fourth-order valence-electron chi connectivity index (χ4n) is 3.28. The van der Waals surface area contributed by atoms with E-state index in [2.05, 4.69) is 27.0 Å². The summed E-state index contributed by atoms with van der Waals surface area (Å²) in [5.41, 5.74) is 8.59. The number of nitrogens with zero attached hydrogens (tertiary/aromatic N) is 3. The second kappa shape index (κ2) is 7.47. The predicted octanol–water partition coefficient (Wildman–Crippen LogP) is 2.75. The van der Waals surface area contributed by atoms with Crippen molar-refractivity contribution in [3.8, 4) is 0 Å². The fraction of sp³-hybridized carbons (Fsp3) is 0.444. The maximum Gasteiger partial charge on any atom is 0.0544 e. The molecule has 2 N–H and O–H groups in total. The summed E-state index contributed by atoms with van der Waals surface area (Å²) in [5.74, 6) is 0. The highest BCUT2D eigenvalue weighted by Crippen LogP contribution is 2.24. The van der Waals surface area contributed by atoms with Crippen molar-refractivity contribution in [3.63, 3.8) is 0 Å². The fourth-order valence-corrected chi connectivity index (χ4v) is 3.28. The van der Waals surface area contributed by atoms with Gasteiger partial charge in [-0.15, -0.1) is 0 Å². The van der Waals surface area contributed by atoms with Crippen molar-refractivity contribution >= 4 is 0 Å². The van der Waals surface area contributed by atoms with Crippen molar-refractivity contribution in [3.05, 3.63) is 60.2 Å². The van der Waals surface area contributed by atoms with Crippen LogP contribution in [0.1, 0.15) is 37.1 Å². The van der Waals surface area contributed by atoms with Crippen LogP contribution in [0.4, 0.5) is 0 Å². The molecule has 2 aromatic rings. The van der Waals surface area contributed by atoms with Crippen LogP contribution in [0.5, 0.6) is 0 Å². The summed E-state index contributed by atoms with van der Waals surface area (Å²) in [4.78, 5) is 11.4. The van der Waals surface area contributed by atoms with Crippen molar-refractivity contribution in [2.45, 2.75) is 50.9 Å². The van der Waals surface area contributed by atoms with Gasteiger partial charge in [0.2, 0.25) is 0 Å². The molecule has 1 fully saturated rings. The summed E-state index contributed by atoms with van der Waals surface area (Å²) in [6.07, 6.45) is 8.51. The Morgan fingerprint density at radius 3 is 2.00 bits per heavy atom. The predicted molar refractivity (Wildman–Crippen MR) is 88.0 cm³/mol. The van der Waals surface area contributed by atoms with Gasteiger partial charge < -0.3 is 5.73 Å². The van der Waals surface area contributed by atoms with Crippen LogP contribution >= 0.6 is 0 Å². The molecule has 0 radical (unpaired) electrons. The van der Waals surface area contributed by atoms with Gasteiger partial charge in [-0.25, -0.2) is 0 Å². The first-order valence-corrected chi connectivity index (χ1v) is 8.12. The smallest absolute Gasteiger partial charge is 0.0544 e. The quantitative estimate of drug-likeness (QED) is 0.922. The van der Waals surface area contributed by atoms with Gasteiger partial charge in [-0.1, -0.05) is 25.0 Å². The van der Waals surface area contributed by atoms with Gasteiger partial charge in [-0.3, -0.25) is 14.9 Å². The largest absolute Gasteiger partial charge is 0.326 e. The highest BCUT2D eigenvalue weighted by atomic mass is 15.2. The zero-order valence-electron chi connectivity index (χ0n) is 12.9. The molecule has 1 aliphatic rings. The summed E-state index contributed by atoms with van der Waals surface area (Å²) in [7, 11) is 0. The second-order valence-electron chi connectivity index (χ2n) is 6.06. The van der Waals surface area contributed by atoms with Gasteiger partial charge in [0.15, 0.2) is 0 Å². The van der Waals surface area contributed by atoms with Gasteiger partial charge in [0.05, 0.1) is 11.4 Å². The molecule has 2 atom stereocenters. The Labute approximate surface area is 132 Å². The SMILES string of the molecule is N[C@@H]1CCCC[C@H]1N(Cc1ccccn1)Cc1ccccn1. The number of rotatable bonds is 5. The van der Waals surface area contributed by atoms with E-state index in [-0.39, 0.29) is 6.04 Å². The van der Waals surface area contributed by atoms with Crippen LogP contribution in [0.15, 0.2) is 48.8 Å². The van der Waals surface area contributed by atoms with Crippen LogP contribution in [0.25, 0.3) is 0 Å². The molecule has 0 amide bonds. The zero-order valence-corrected chi connectivity index (χ0v) is 12.9. The summed E-state index contributed by atoms with van der Waals surface area (Å²) in [5, 5.41) is 0. The van der Waals surface area contributed by atoms with Crippen molar-refractivity contribution < 1.29 is 0 Å². The molecule has 0 spiro atoms. The minimum absolute atomic E-state index is 0.251. The molecule has 3 rings (SSSR count). The molecule has 2 heterocycles. The summed E-state index contributed by atoms with van der Waals surface area (Å²) in [6, 6.07) is 12.8. The standard InChI is InChI=1S/C18H24N4/c19-17-9-1-2-10-18(17)22(13-15-7-3-5-11-20-15)14-16-8-4-6-12-21-16/h3-8,11-12,17-18H,1-2,9-10,13-14,19H2/t17-,18-/m1/s1. The van der Waals surface area contributed by atoms with Gasteiger partial charge in [-0.05, 0) is 37.1 Å². The first kappa shape index (κ1) is 15.1. The number of hydrogen-bond donors (Lipinski definition) is 1. The third-order valence-corrected chi connectivity index (χ3v) is 4.43. The van der Waals surface area contributed by atoms with Crippen LogP contribution < -0.4 is 5.73 Å². The molecule has 4 heteroatoms. The Kier molecular flexibility index (Phi) is 5.14. The molecule has 1 saturated carbocycles. The first-order valence-electron chi connectivity index (χ1n) is 8.12. The molecule has 116 valence electrons. The number of hydrogen-bond acceptors (Lipinski definition) is 4. The molecule has 0 saturated heterocycles. The Bertz CT molecular complexity index is 516. The van der Waals surface area contributed by atoms with E-state index in [0.717, 1.165) is 30.9 Å². The van der Waals surface area contributed by atoms with E-state index in [1.54, 1.807) is 0 Å². The molecule has 22 heavy (non-hydrogen) atoms. The third kappa shape index (κ3) is 3.90. The highest BCUT2D eigenvalue weighted by Gasteiger charge is 2.28.